The highest BCUT2D eigenvalue weighted by Crippen LogP contribution is 2.38. The summed E-state index contributed by atoms with van der Waals surface area (Å²) >= 11 is 0. The Hall–Kier alpha value is -6.44. The van der Waals surface area contributed by atoms with Crippen LogP contribution in [0.15, 0.2) is 135 Å². The van der Waals surface area contributed by atoms with Crippen LogP contribution < -0.4 is 20.9 Å². The van der Waals surface area contributed by atoms with Crippen molar-refractivity contribution in [3.63, 3.8) is 0 Å². The Morgan fingerprint density at radius 2 is 0.899 bits per heavy atom. The van der Waals surface area contributed by atoms with E-state index in [1.54, 1.807) is 97.1 Å². The van der Waals surface area contributed by atoms with E-state index in [-0.39, 0.29) is 48.8 Å². The van der Waals surface area contributed by atoms with Crippen LogP contribution in [-0.2, 0) is 41.5 Å². The zero-order chi connectivity index (χ0) is 49.2. The third kappa shape index (κ3) is 15.3. The number of rotatable bonds is 24. The molecule has 0 bridgehead atoms. The second-order valence-electron chi connectivity index (χ2n) is 18.2. The van der Waals surface area contributed by atoms with E-state index in [4.69, 9.17) is 30.4 Å². The average molecular weight is 939 g/mol. The molecule has 364 valence electrons. The topological polar surface area (TPSA) is 198 Å². The number of carbonyl (C=O) groups is 4. The SMILES string of the molecule is C=CCCOC1CCC(C(=O)Oc2ccc(/C=C/C(=O)C(O)C(Cc3ccc(N)cc3)(Cc3ccc(N)cc3)C(O)C(=O)/C=C/c3ccc(OC(=O)C4CCC(OCCC=C)CC4)cc3)cc2)CC1. The number of ketones is 2. The standard InChI is InChI=1S/C57H66N2O10/c1-3-5-35-66-47-29-17-43(18-30-47)55(64)68-49-25-11-39(12-26-49)15-33-51(60)53(62)57(37-41-7-21-45(58)22-8-41,38-42-9-23-46(59)24-10-42)54(63)52(61)34-16-40-13-27-50(28-14-40)69-56(65)44-19-31-48(32-20-44)67-36-6-4-2/h3-4,7-16,21-28,33-34,43-44,47-48,53-54,62-63H,1-2,5-6,17-20,29-32,35-38,58-59H2/b33-15+,34-16+. The summed E-state index contributed by atoms with van der Waals surface area (Å²) in [6, 6.07) is 26.9. The third-order valence-electron chi connectivity index (χ3n) is 13.1. The van der Waals surface area contributed by atoms with Crippen molar-refractivity contribution < 1.29 is 48.3 Å². The summed E-state index contributed by atoms with van der Waals surface area (Å²) in [6.07, 6.45) is 12.9. The Balaban J connectivity index is 1.15. The molecule has 2 saturated carbocycles. The Morgan fingerprint density at radius 1 is 0.551 bits per heavy atom. The first-order valence-corrected chi connectivity index (χ1v) is 23.9. The van der Waals surface area contributed by atoms with Crippen molar-refractivity contribution in [1.82, 2.24) is 0 Å². The molecule has 0 amide bonds. The zero-order valence-electron chi connectivity index (χ0n) is 39.3. The number of hydrogen-bond acceptors (Lipinski definition) is 12. The van der Waals surface area contributed by atoms with Gasteiger partial charge in [-0.05, 0) is 160 Å². The van der Waals surface area contributed by atoms with Crippen molar-refractivity contribution in [3.8, 4) is 11.5 Å². The Bertz CT molecular complexity index is 2210. The largest absolute Gasteiger partial charge is 0.426 e. The second kappa shape index (κ2) is 25.8. The number of aliphatic hydroxyl groups is 2. The van der Waals surface area contributed by atoms with Crippen LogP contribution in [-0.4, -0.2) is 71.3 Å². The predicted octanol–water partition coefficient (Wildman–Crippen LogP) is 9.02. The van der Waals surface area contributed by atoms with E-state index in [9.17, 15) is 29.4 Å². The number of nitrogen functional groups attached to an aromatic ring is 2. The molecule has 0 saturated heterocycles. The molecule has 0 aromatic heterocycles. The summed E-state index contributed by atoms with van der Waals surface area (Å²) in [7, 11) is 0. The number of ether oxygens (including phenoxy) is 4. The molecule has 2 fully saturated rings. The molecule has 2 unspecified atom stereocenters. The maximum absolute atomic E-state index is 14.2. The van der Waals surface area contributed by atoms with Gasteiger partial charge in [0.25, 0.3) is 0 Å². The molecule has 6 rings (SSSR count). The minimum Gasteiger partial charge on any atom is -0.426 e. The van der Waals surface area contributed by atoms with Gasteiger partial charge in [0.1, 0.15) is 23.7 Å². The van der Waals surface area contributed by atoms with Crippen LogP contribution in [0.25, 0.3) is 12.2 Å². The summed E-state index contributed by atoms with van der Waals surface area (Å²) in [5, 5.41) is 24.5. The molecule has 0 radical (unpaired) electrons. The van der Waals surface area contributed by atoms with E-state index in [0.717, 1.165) is 38.5 Å². The highest BCUT2D eigenvalue weighted by Gasteiger charge is 2.49. The van der Waals surface area contributed by atoms with E-state index in [0.29, 0.717) is 84.0 Å². The molecule has 4 aromatic carbocycles. The lowest BCUT2D eigenvalue weighted by molar-refractivity contribution is -0.146. The van der Waals surface area contributed by atoms with Crippen LogP contribution in [0.2, 0.25) is 0 Å². The van der Waals surface area contributed by atoms with Crippen molar-refractivity contribution in [2.24, 2.45) is 17.3 Å². The number of anilines is 2. The summed E-state index contributed by atoms with van der Waals surface area (Å²) in [5.41, 5.74) is 13.6. The molecule has 4 aromatic rings. The van der Waals surface area contributed by atoms with Crippen LogP contribution >= 0.6 is 0 Å². The number of hydrogen-bond donors (Lipinski definition) is 4. The number of esters is 2. The van der Waals surface area contributed by atoms with Gasteiger partial charge in [-0.2, -0.15) is 0 Å². The number of carbonyl (C=O) groups excluding carboxylic acids is 4. The van der Waals surface area contributed by atoms with Crippen LogP contribution in [0, 0.1) is 17.3 Å². The van der Waals surface area contributed by atoms with Crippen molar-refractivity contribution in [2.45, 2.75) is 101 Å². The molecule has 12 nitrogen and oxygen atoms in total. The molecule has 2 aliphatic rings. The van der Waals surface area contributed by atoms with Gasteiger partial charge in [0.05, 0.1) is 37.3 Å². The summed E-state index contributed by atoms with van der Waals surface area (Å²) < 4.78 is 23.2. The smallest absolute Gasteiger partial charge is 0.314 e. The van der Waals surface area contributed by atoms with Crippen LogP contribution in [0.5, 0.6) is 11.5 Å². The molecule has 2 atom stereocenters. The molecule has 0 spiro atoms. The lowest BCUT2D eigenvalue weighted by Crippen LogP contribution is -2.54. The van der Waals surface area contributed by atoms with Crippen molar-refractivity contribution in [1.29, 1.82) is 0 Å². The molecular formula is C57H66N2O10. The predicted molar refractivity (Wildman–Crippen MR) is 269 cm³/mol. The second-order valence-corrected chi connectivity index (χ2v) is 18.2. The third-order valence-corrected chi connectivity index (χ3v) is 13.1. The van der Waals surface area contributed by atoms with Gasteiger partial charge in [-0.3, -0.25) is 19.2 Å². The monoisotopic (exact) mass is 938 g/mol. The maximum atomic E-state index is 14.2. The van der Waals surface area contributed by atoms with Crippen molar-refractivity contribution >= 4 is 47.0 Å². The quantitative estimate of drug-likeness (QED) is 0.0130. The number of aliphatic hydroxyl groups excluding tert-OH is 2. The molecule has 2 aliphatic carbocycles. The lowest BCUT2D eigenvalue weighted by atomic mass is 9.66. The highest BCUT2D eigenvalue weighted by atomic mass is 16.5. The highest BCUT2D eigenvalue weighted by molar-refractivity contribution is 6.01. The normalized spacial score (nSPS) is 19.4. The summed E-state index contributed by atoms with van der Waals surface area (Å²) in [5.74, 6) is -1.80. The van der Waals surface area contributed by atoms with Gasteiger partial charge >= 0.3 is 11.9 Å². The van der Waals surface area contributed by atoms with Gasteiger partial charge in [0, 0.05) is 16.8 Å². The average Bonchev–Trinajstić information content (AvgIpc) is 3.37. The lowest BCUT2D eigenvalue weighted by Gasteiger charge is -2.40. The summed E-state index contributed by atoms with van der Waals surface area (Å²) in [6.45, 7) is 8.69. The molecule has 69 heavy (non-hydrogen) atoms. The first-order valence-electron chi connectivity index (χ1n) is 23.9. The fraction of sp³-hybridized carbons (Fsp3) is 0.368. The number of nitrogens with two attached hydrogens (primary N) is 2. The Labute approximate surface area is 405 Å². The fourth-order valence-corrected chi connectivity index (χ4v) is 8.99. The minimum absolute atomic E-state index is 0.0900. The van der Waals surface area contributed by atoms with Crippen LogP contribution in [0.4, 0.5) is 11.4 Å². The molecular weight excluding hydrogens is 873 g/mol. The zero-order valence-corrected chi connectivity index (χ0v) is 39.3. The molecule has 12 heteroatoms. The van der Waals surface area contributed by atoms with Gasteiger partial charge < -0.3 is 40.6 Å². The molecule has 6 N–H and O–H groups in total. The minimum atomic E-state index is -1.88. The van der Waals surface area contributed by atoms with Crippen molar-refractivity contribution in [2.75, 3.05) is 24.7 Å². The first kappa shape index (κ1) is 51.9. The van der Waals surface area contributed by atoms with Gasteiger partial charge in [-0.1, -0.05) is 72.8 Å². The van der Waals surface area contributed by atoms with E-state index >= 15 is 0 Å². The van der Waals surface area contributed by atoms with Gasteiger partial charge in [0.2, 0.25) is 0 Å². The van der Waals surface area contributed by atoms with Crippen LogP contribution in [0.3, 0.4) is 0 Å². The van der Waals surface area contributed by atoms with Gasteiger partial charge in [0.15, 0.2) is 11.6 Å². The Morgan fingerprint density at radius 3 is 1.23 bits per heavy atom. The number of benzene rings is 4. The van der Waals surface area contributed by atoms with Gasteiger partial charge in [-0.15, -0.1) is 13.2 Å². The van der Waals surface area contributed by atoms with Crippen molar-refractivity contribution in [3.05, 3.63) is 157 Å². The van der Waals surface area contributed by atoms with Crippen LogP contribution in [0.1, 0.15) is 86.5 Å². The first-order chi connectivity index (χ1) is 33.3. The maximum Gasteiger partial charge on any atom is 0.314 e. The summed E-state index contributed by atoms with van der Waals surface area (Å²) in [4.78, 5) is 54.3. The van der Waals surface area contributed by atoms with E-state index in [1.807, 2.05) is 12.2 Å². The van der Waals surface area contributed by atoms with E-state index < -0.39 is 29.2 Å². The van der Waals surface area contributed by atoms with E-state index in [1.165, 1.54) is 24.3 Å². The Kier molecular flexibility index (Phi) is 19.4. The molecule has 0 aliphatic heterocycles. The molecule has 0 heterocycles. The van der Waals surface area contributed by atoms with E-state index in [2.05, 4.69) is 13.2 Å². The van der Waals surface area contributed by atoms with Gasteiger partial charge in [-0.25, -0.2) is 0 Å². The fourth-order valence-electron chi connectivity index (χ4n) is 8.99.